The highest BCUT2D eigenvalue weighted by molar-refractivity contribution is 5.97. The van der Waals surface area contributed by atoms with Gasteiger partial charge in [-0.25, -0.2) is 4.98 Å². The average Bonchev–Trinajstić information content (AvgIpc) is 2.84. The highest BCUT2D eigenvalue weighted by Crippen LogP contribution is 2.26. The number of rotatable bonds is 4. The maximum Gasteiger partial charge on any atom is 0.301 e. The molecule has 0 aliphatic carbocycles. The fraction of sp³-hybridized carbons (Fsp3) is 0.333. The minimum atomic E-state index is -0.700. The van der Waals surface area contributed by atoms with Gasteiger partial charge in [-0.05, 0) is 38.5 Å². The van der Waals surface area contributed by atoms with Crippen LogP contribution in [0.2, 0.25) is 0 Å². The van der Waals surface area contributed by atoms with E-state index >= 15 is 0 Å². The Bertz CT molecular complexity index is 600. The number of nitrogens with zero attached hydrogens (tertiary/aromatic N) is 1. The molecule has 1 amide bonds. The molecule has 2 rings (SSSR count). The van der Waals surface area contributed by atoms with Crippen LogP contribution in [0, 0.1) is 6.92 Å². The monoisotopic (exact) mass is 274 g/mol. The van der Waals surface area contributed by atoms with E-state index in [9.17, 15) is 4.79 Å². The van der Waals surface area contributed by atoms with Gasteiger partial charge in [0.15, 0.2) is 0 Å². The molecule has 1 heterocycles. The Kier molecular flexibility index (Phi) is 3.79. The lowest BCUT2D eigenvalue weighted by Crippen LogP contribution is -2.34. The fourth-order valence-corrected chi connectivity index (χ4v) is 1.80. The van der Waals surface area contributed by atoms with Crippen LogP contribution in [0.4, 0.5) is 6.01 Å². The predicted octanol–water partition coefficient (Wildman–Crippen LogP) is 2.91. The van der Waals surface area contributed by atoms with Gasteiger partial charge < -0.3 is 9.15 Å². The van der Waals surface area contributed by atoms with Gasteiger partial charge in [0, 0.05) is 0 Å². The number of ether oxygens (including phenoxy) is 1. The summed E-state index contributed by atoms with van der Waals surface area (Å²) in [5.41, 5.74) is 0.188. The number of hydrogen-bond donors (Lipinski definition) is 1. The molecule has 0 saturated heterocycles. The van der Waals surface area contributed by atoms with E-state index in [1.807, 2.05) is 38.1 Å². The summed E-state index contributed by atoms with van der Waals surface area (Å²) in [5, 5.41) is 2.68. The number of amides is 1. The molecule has 1 N–H and O–H groups in total. The van der Waals surface area contributed by atoms with Crippen molar-refractivity contribution in [3.63, 3.8) is 0 Å². The van der Waals surface area contributed by atoms with Crippen LogP contribution < -0.4 is 10.1 Å². The van der Waals surface area contributed by atoms with E-state index in [-0.39, 0.29) is 11.9 Å². The first-order valence-corrected chi connectivity index (χ1v) is 6.32. The molecule has 1 aromatic heterocycles. The molecule has 0 saturated carbocycles. The van der Waals surface area contributed by atoms with Crippen molar-refractivity contribution in [3.05, 3.63) is 41.8 Å². The number of nitrogens with one attached hydrogen (secondary N) is 1. The Hall–Kier alpha value is -2.30. The second kappa shape index (κ2) is 5.36. The van der Waals surface area contributed by atoms with Crippen molar-refractivity contribution in [2.45, 2.75) is 26.2 Å². The Morgan fingerprint density at radius 3 is 2.45 bits per heavy atom. The maximum atomic E-state index is 12.4. The van der Waals surface area contributed by atoms with Crippen molar-refractivity contribution < 1.29 is 13.9 Å². The number of methoxy groups -OCH3 is 1. The average molecular weight is 274 g/mol. The van der Waals surface area contributed by atoms with E-state index in [0.29, 0.717) is 5.76 Å². The summed E-state index contributed by atoms with van der Waals surface area (Å²) in [5.74, 6) is 1.24. The van der Waals surface area contributed by atoms with Gasteiger partial charge in [-0.1, -0.05) is 12.1 Å². The lowest BCUT2D eigenvalue weighted by molar-refractivity contribution is -0.120. The van der Waals surface area contributed by atoms with E-state index in [1.54, 1.807) is 20.2 Å². The van der Waals surface area contributed by atoms with Gasteiger partial charge in [0.1, 0.15) is 11.5 Å². The van der Waals surface area contributed by atoms with E-state index < -0.39 is 5.41 Å². The topological polar surface area (TPSA) is 64.4 Å². The Morgan fingerprint density at radius 1 is 1.30 bits per heavy atom. The molecule has 0 radical (unpaired) electrons. The molecule has 5 nitrogen and oxygen atoms in total. The van der Waals surface area contributed by atoms with Crippen molar-refractivity contribution in [3.8, 4) is 5.75 Å². The van der Waals surface area contributed by atoms with Gasteiger partial charge in [-0.3, -0.25) is 10.1 Å². The number of aromatic nitrogens is 1. The Morgan fingerprint density at radius 2 is 1.95 bits per heavy atom. The van der Waals surface area contributed by atoms with Gasteiger partial charge >= 0.3 is 6.01 Å². The number of carbonyl (C=O) groups excluding carboxylic acids is 1. The van der Waals surface area contributed by atoms with Gasteiger partial charge in [0.05, 0.1) is 18.7 Å². The molecule has 106 valence electrons. The van der Waals surface area contributed by atoms with Crippen LogP contribution in [0.3, 0.4) is 0 Å². The number of anilines is 1. The van der Waals surface area contributed by atoms with Crippen molar-refractivity contribution in [1.82, 2.24) is 4.98 Å². The molecule has 0 unspecified atom stereocenters. The minimum absolute atomic E-state index is 0.176. The Balaban J connectivity index is 2.17. The molecule has 0 atom stereocenters. The van der Waals surface area contributed by atoms with E-state index in [4.69, 9.17) is 9.15 Å². The summed E-state index contributed by atoms with van der Waals surface area (Å²) in [6.07, 6.45) is 1.57. The summed E-state index contributed by atoms with van der Waals surface area (Å²) >= 11 is 0. The third kappa shape index (κ3) is 2.82. The van der Waals surface area contributed by atoms with Crippen LogP contribution in [0.1, 0.15) is 25.2 Å². The molecule has 20 heavy (non-hydrogen) atoms. The predicted molar refractivity (Wildman–Crippen MR) is 75.9 cm³/mol. The molecule has 0 fully saturated rings. The first kappa shape index (κ1) is 14.1. The summed E-state index contributed by atoms with van der Waals surface area (Å²) in [6.45, 7) is 5.47. The van der Waals surface area contributed by atoms with Crippen LogP contribution >= 0.6 is 0 Å². The smallest absolute Gasteiger partial charge is 0.301 e. The Labute approximate surface area is 118 Å². The van der Waals surface area contributed by atoms with Crippen LogP contribution in [0.5, 0.6) is 5.75 Å². The number of hydrogen-bond acceptors (Lipinski definition) is 4. The third-order valence-electron chi connectivity index (χ3n) is 3.22. The lowest BCUT2D eigenvalue weighted by atomic mass is 9.84. The van der Waals surface area contributed by atoms with E-state index in [1.165, 1.54) is 0 Å². The largest absolute Gasteiger partial charge is 0.497 e. The molecule has 1 aromatic carbocycles. The summed E-state index contributed by atoms with van der Waals surface area (Å²) in [4.78, 5) is 16.3. The van der Waals surface area contributed by atoms with Gasteiger partial charge in [-0.15, -0.1) is 0 Å². The van der Waals surface area contributed by atoms with Crippen LogP contribution in [-0.2, 0) is 10.2 Å². The number of benzene rings is 1. The molecule has 0 aliphatic heterocycles. The normalized spacial score (nSPS) is 11.2. The van der Waals surface area contributed by atoms with Gasteiger partial charge in [0.2, 0.25) is 5.91 Å². The van der Waals surface area contributed by atoms with Crippen LogP contribution in [0.25, 0.3) is 0 Å². The van der Waals surface area contributed by atoms with Crippen LogP contribution in [0.15, 0.2) is 34.9 Å². The van der Waals surface area contributed by atoms with Crippen molar-refractivity contribution in [1.29, 1.82) is 0 Å². The first-order valence-electron chi connectivity index (χ1n) is 6.32. The van der Waals surface area contributed by atoms with Crippen molar-refractivity contribution >= 4 is 11.9 Å². The summed E-state index contributed by atoms with van der Waals surface area (Å²) in [6, 6.07) is 7.63. The second-order valence-electron chi connectivity index (χ2n) is 5.08. The van der Waals surface area contributed by atoms with E-state index in [0.717, 1.165) is 11.3 Å². The SMILES string of the molecule is COc1ccc(C(C)(C)C(=O)Nc2ncc(C)o2)cc1. The molecular formula is C15H18N2O3. The number of carbonyl (C=O) groups is 1. The highest BCUT2D eigenvalue weighted by atomic mass is 16.5. The molecule has 5 heteroatoms. The zero-order chi connectivity index (χ0) is 14.8. The van der Waals surface area contributed by atoms with Gasteiger partial charge in [-0.2, -0.15) is 0 Å². The van der Waals surface area contributed by atoms with Crippen molar-refractivity contribution in [2.75, 3.05) is 12.4 Å². The quantitative estimate of drug-likeness (QED) is 0.931. The molecule has 0 spiro atoms. The number of aryl methyl sites for hydroxylation is 1. The standard InChI is InChI=1S/C15H18N2O3/c1-10-9-16-14(20-10)17-13(18)15(2,3)11-5-7-12(19-4)8-6-11/h5-9H,1-4H3,(H,16,17,18). The highest BCUT2D eigenvalue weighted by Gasteiger charge is 2.30. The maximum absolute atomic E-state index is 12.4. The fourth-order valence-electron chi connectivity index (χ4n) is 1.80. The molecular weight excluding hydrogens is 256 g/mol. The zero-order valence-corrected chi connectivity index (χ0v) is 12.1. The minimum Gasteiger partial charge on any atom is -0.497 e. The summed E-state index contributed by atoms with van der Waals surface area (Å²) < 4.78 is 10.4. The first-order chi connectivity index (χ1) is 9.43. The molecule has 2 aromatic rings. The second-order valence-corrected chi connectivity index (χ2v) is 5.08. The molecule has 0 aliphatic rings. The number of oxazole rings is 1. The zero-order valence-electron chi connectivity index (χ0n) is 12.1. The van der Waals surface area contributed by atoms with Crippen molar-refractivity contribution in [2.24, 2.45) is 0 Å². The van der Waals surface area contributed by atoms with Crippen LogP contribution in [-0.4, -0.2) is 18.0 Å². The lowest BCUT2D eigenvalue weighted by Gasteiger charge is -2.23. The molecule has 0 bridgehead atoms. The van der Waals surface area contributed by atoms with E-state index in [2.05, 4.69) is 10.3 Å². The van der Waals surface area contributed by atoms with Gasteiger partial charge in [0.25, 0.3) is 0 Å². The summed E-state index contributed by atoms with van der Waals surface area (Å²) in [7, 11) is 1.61. The third-order valence-corrected chi connectivity index (χ3v) is 3.22.